The van der Waals surface area contributed by atoms with Gasteiger partial charge in [-0.3, -0.25) is 0 Å². The first-order valence-electron chi connectivity index (χ1n) is 11.8. The molecule has 9 heteroatoms. The number of anilines is 1. The summed E-state index contributed by atoms with van der Waals surface area (Å²) in [4.78, 5) is 23.0. The number of fused-ring (bicyclic) bond motifs is 1. The molecular weight excluding hydrogens is 444 g/mol. The quantitative estimate of drug-likeness (QED) is 0.433. The van der Waals surface area contributed by atoms with Crippen LogP contribution >= 0.6 is 0 Å². The van der Waals surface area contributed by atoms with Crippen LogP contribution in [0.1, 0.15) is 32.7 Å². The third-order valence-corrected chi connectivity index (χ3v) is 5.96. The molecule has 1 fully saturated rings. The Morgan fingerprint density at radius 3 is 2.54 bits per heavy atom. The Morgan fingerprint density at radius 1 is 1.06 bits per heavy atom. The predicted molar refractivity (Wildman–Crippen MR) is 133 cm³/mol. The van der Waals surface area contributed by atoms with Crippen LogP contribution in [-0.2, 0) is 4.74 Å². The zero-order valence-corrected chi connectivity index (χ0v) is 19.8. The molecule has 1 amide bonds. The number of para-hydroxylation sites is 1. The molecule has 1 aliphatic heterocycles. The lowest BCUT2D eigenvalue weighted by molar-refractivity contribution is 0.0629. The fourth-order valence-electron chi connectivity index (χ4n) is 4.35. The molecular formula is C26H28N6O3. The maximum absolute atomic E-state index is 12.5. The lowest BCUT2D eigenvalue weighted by Crippen LogP contribution is -2.42. The molecule has 1 saturated heterocycles. The number of ether oxygens (including phenoxy) is 2. The van der Waals surface area contributed by atoms with Gasteiger partial charge in [-0.05, 0) is 63.1 Å². The van der Waals surface area contributed by atoms with E-state index in [-0.39, 0.29) is 18.2 Å². The van der Waals surface area contributed by atoms with Crippen LogP contribution in [0.25, 0.3) is 22.3 Å². The minimum absolute atomic E-state index is 0.0466. The van der Waals surface area contributed by atoms with Gasteiger partial charge in [0.15, 0.2) is 5.65 Å². The largest absolute Gasteiger partial charge is 0.457 e. The van der Waals surface area contributed by atoms with E-state index >= 15 is 0 Å². The minimum atomic E-state index is -0.301. The second-order valence-electron chi connectivity index (χ2n) is 8.86. The van der Waals surface area contributed by atoms with E-state index < -0.39 is 0 Å². The molecule has 2 aromatic carbocycles. The van der Waals surface area contributed by atoms with Crippen LogP contribution in [-0.4, -0.2) is 49.9 Å². The van der Waals surface area contributed by atoms with E-state index in [4.69, 9.17) is 20.3 Å². The molecule has 2 N–H and O–H groups in total. The second kappa shape index (κ2) is 9.61. The summed E-state index contributed by atoms with van der Waals surface area (Å²) in [5, 5.41) is 5.63. The van der Waals surface area contributed by atoms with Gasteiger partial charge in [-0.1, -0.05) is 18.2 Å². The van der Waals surface area contributed by atoms with Crippen molar-refractivity contribution in [1.82, 2.24) is 24.6 Å². The maximum atomic E-state index is 12.5. The number of rotatable bonds is 5. The molecule has 3 heterocycles. The number of hydrogen-bond acceptors (Lipinski definition) is 7. The molecule has 0 unspecified atom stereocenters. The molecule has 5 rings (SSSR count). The highest BCUT2D eigenvalue weighted by atomic mass is 16.6. The summed E-state index contributed by atoms with van der Waals surface area (Å²) in [6.07, 6.45) is 2.70. The number of nitrogens with zero attached hydrogens (tertiary/aromatic N) is 5. The Kier molecular flexibility index (Phi) is 6.22. The maximum Gasteiger partial charge on any atom is 0.410 e. The Labute approximate surface area is 203 Å². The third-order valence-electron chi connectivity index (χ3n) is 5.96. The summed E-state index contributed by atoms with van der Waals surface area (Å²) in [5.41, 5.74) is 8.52. The molecule has 0 bridgehead atoms. The third kappa shape index (κ3) is 4.75. The number of amides is 1. The number of likely N-dealkylation sites (tertiary alicyclic amines) is 1. The summed E-state index contributed by atoms with van der Waals surface area (Å²) >= 11 is 0. The Bertz CT molecular complexity index is 1320. The molecule has 4 aromatic rings. The van der Waals surface area contributed by atoms with Crippen LogP contribution in [0.3, 0.4) is 0 Å². The van der Waals surface area contributed by atoms with Crippen molar-refractivity contribution in [3.8, 4) is 22.8 Å². The van der Waals surface area contributed by atoms with Gasteiger partial charge in [-0.2, -0.15) is 5.10 Å². The van der Waals surface area contributed by atoms with Gasteiger partial charge in [-0.25, -0.2) is 19.4 Å². The molecule has 0 aliphatic carbocycles. The zero-order chi connectivity index (χ0) is 24.4. The van der Waals surface area contributed by atoms with E-state index in [2.05, 4.69) is 9.97 Å². The molecule has 0 radical (unpaired) electrons. The fourth-order valence-corrected chi connectivity index (χ4v) is 4.35. The van der Waals surface area contributed by atoms with Gasteiger partial charge >= 0.3 is 6.09 Å². The van der Waals surface area contributed by atoms with Gasteiger partial charge in [0.1, 0.15) is 29.3 Å². The number of hydrogen-bond donors (Lipinski definition) is 1. The number of nitrogen functional groups attached to an aromatic ring is 1. The van der Waals surface area contributed by atoms with Crippen LogP contribution in [0.5, 0.6) is 11.5 Å². The van der Waals surface area contributed by atoms with Crippen molar-refractivity contribution in [1.29, 1.82) is 0 Å². The van der Waals surface area contributed by atoms with E-state index in [1.807, 2.05) is 73.1 Å². The van der Waals surface area contributed by atoms with E-state index in [1.165, 1.54) is 6.33 Å². The smallest absolute Gasteiger partial charge is 0.410 e. The molecule has 35 heavy (non-hydrogen) atoms. The molecule has 1 aliphatic rings. The van der Waals surface area contributed by atoms with Crippen LogP contribution in [0.2, 0.25) is 0 Å². The van der Waals surface area contributed by atoms with Gasteiger partial charge in [-0.15, -0.1) is 0 Å². The highest BCUT2D eigenvalue weighted by Crippen LogP contribution is 2.35. The van der Waals surface area contributed by atoms with E-state index in [9.17, 15) is 4.79 Å². The predicted octanol–water partition coefficient (Wildman–Crippen LogP) is 5.05. The minimum Gasteiger partial charge on any atom is -0.457 e. The number of carbonyl (C=O) groups is 1. The van der Waals surface area contributed by atoms with Gasteiger partial charge in [0.2, 0.25) is 0 Å². The molecule has 1 atom stereocenters. The number of benzene rings is 2. The lowest BCUT2D eigenvalue weighted by Gasteiger charge is -2.32. The van der Waals surface area contributed by atoms with Gasteiger partial charge < -0.3 is 20.1 Å². The fraction of sp³-hybridized carbons (Fsp3) is 0.308. The summed E-state index contributed by atoms with van der Waals surface area (Å²) in [6.45, 7) is 4.86. The van der Waals surface area contributed by atoms with Crippen LogP contribution in [0.4, 0.5) is 10.6 Å². The normalized spacial score (nSPS) is 16.0. The summed E-state index contributed by atoms with van der Waals surface area (Å²) in [5.74, 6) is 1.86. The van der Waals surface area contributed by atoms with E-state index in [1.54, 1.807) is 4.90 Å². The van der Waals surface area contributed by atoms with Crippen molar-refractivity contribution < 1.29 is 14.3 Å². The van der Waals surface area contributed by atoms with Crippen LogP contribution in [0, 0.1) is 0 Å². The summed E-state index contributed by atoms with van der Waals surface area (Å²) < 4.78 is 13.2. The SMILES string of the molecule is CC(C)OC(=O)N1CCC[C@H](n2nc(-c3ccc(Oc4ccccc4)cc3)c3c(N)ncnc32)C1. The second-order valence-corrected chi connectivity index (χ2v) is 8.86. The Balaban J connectivity index is 1.46. The first-order chi connectivity index (χ1) is 17.0. The first-order valence-corrected chi connectivity index (χ1v) is 11.8. The van der Waals surface area contributed by atoms with Crippen molar-refractivity contribution in [3.63, 3.8) is 0 Å². The lowest BCUT2D eigenvalue weighted by atomic mass is 10.1. The molecule has 0 spiro atoms. The number of nitrogens with two attached hydrogens (primary N) is 1. The Morgan fingerprint density at radius 2 is 1.80 bits per heavy atom. The van der Waals surface area contributed by atoms with Crippen molar-refractivity contribution in [2.45, 2.75) is 38.8 Å². The average molecular weight is 473 g/mol. The van der Waals surface area contributed by atoms with Crippen molar-refractivity contribution >= 4 is 22.9 Å². The first kappa shape index (κ1) is 22.6. The number of carbonyl (C=O) groups excluding carboxylic acids is 1. The highest BCUT2D eigenvalue weighted by Gasteiger charge is 2.29. The van der Waals surface area contributed by atoms with Gasteiger partial charge in [0.05, 0.1) is 17.5 Å². The number of aromatic nitrogens is 4. The molecule has 0 saturated carbocycles. The topological polar surface area (TPSA) is 108 Å². The summed E-state index contributed by atoms with van der Waals surface area (Å²) in [7, 11) is 0. The average Bonchev–Trinajstić information content (AvgIpc) is 3.26. The van der Waals surface area contributed by atoms with Crippen LogP contribution < -0.4 is 10.5 Å². The van der Waals surface area contributed by atoms with Crippen LogP contribution in [0.15, 0.2) is 60.9 Å². The number of piperidine rings is 1. The van der Waals surface area contributed by atoms with E-state index in [0.29, 0.717) is 35.6 Å². The molecule has 9 nitrogen and oxygen atoms in total. The zero-order valence-electron chi connectivity index (χ0n) is 19.8. The van der Waals surface area contributed by atoms with Crippen molar-refractivity contribution in [3.05, 3.63) is 60.9 Å². The molecule has 180 valence electrons. The Hall–Kier alpha value is -4.14. The van der Waals surface area contributed by atoms with Gasteiger partial charge in [0.25, 0.3) is 0 Å². The highest BCUT2D eigenvalue weighted by molar-refractivity contribution is 5.98. The standard InChI is InChI=1S/C26H28N6O3/c1-17(2)34-26(33)31-14-6-7-19(15-31)32-25-22(24(27)28-16-29-25)23(30-32)18-10-12-21(13-11-18)35-20-8-4-3-5-9-20/h3-5,8-13,16-17,19H,6-7,14-15H2,1-2H3,(H2,27,28,29)/t19-/m0/s1. The van der Waals surface area contributed by atoms with Gasteiger partial charge in [0, 0.05) is 18.7 Å². The summed E-state index contributed by atoms with van der Waals surface area (Å²) in [6, 6.07) is 17.3. The van der Waals surface area contributed by atoms with Crippen molar-refractivity contribution in [2.24, 2.45) is 0 Å². The molecule has 2 aromatic heterocycles. The monoisotopic (exact) mass is 472 g/mol. The van der Waals surface area contributed by atoms with Crippen molar-refractivity contribution in [2.75, 3.05) is 18.8 Å². The van der Waals surface area contributed by atoms with E-state index in [0.717, 1.165) is 29.9 Å².